The van der Waals surface area contributed by atoms with Gasteiger partial charge in [0, 0.05) is 21.1 Å². The third kappa shape index (κ3) is 3.31. The molecule has 0 bridgehead atoms. The number of halogens is 1. The predicted octanol–water partition coefficient (Wildman–Crippen LogP) is 5.21. The van der Waals surface area contributed by atoms with Crippen LogP contribution in [0.5, 0.6) is 0 Å². The van der Waals surface area contributed by atoms with Gasteiger partial charge < -0.3 is 5.73 Å². The molecule has 2 heterocycles. The Morgan fingerprint density at radius 3 is 2.65 bits per heavy atom. The third-order valence-corrected chi connectivity index (χ3v) is 5.39. The van der Waals surface area contributed by atoms with E-state index < -0.39 is 0 Å². The summed E-state index contributed by atoms with van der Waals surface area (Å²) < 4.78 is 0.945. The van der Waals surface area contributed by atoms with Crippen molar-refractivity contribution in [2.45, 2.75) is 26.2 Å². The number of carbonyl (C=O) groups is 1. The minimum Gasteiger partial charge on any atom is -0.397 e. The molecule has 118 valence electrons. The average Bonchev–Trinajstić information content (AvgIpc) is 2.89. The van der Waals surface area contributed by atoms with Crippen LogP contribution in [0, 0.1) is 0 Å². The highest BCUT2D eigenvalue weighted by Gasteiger charge is 2.18. The number of unbranched alkanes of at least 4 members (excludes halogenated alkanes) is 1. The van der Waals surface area contributed by atoms with Crippen LogP contribution in [0.2, 0.25) is 0 Å². The van der Waals surface area contributed by atoms with Gasteiger partial charge in [-0.2, -0.15) is 0 Å². The first-order valence-corrected chi connectivity index (χ1v) is 9.19. The number of nitrogens with zero attached hydrogens (tertiary/aromatic N) is 1. The molecule has 0 saturated heterocycles. The van der Waals surface area contributed by atoms with E-state index in [1.165, 1.54) is 11.3 Å². The van der Waals surface area contributed by atoms with Gasteiger partial charge in [0.05, 0.1) is 5.69 Å². The monoisotopic (exact) mass is 388 g/mol. The topological polar surface area (TPSA) is 56.0 Å². The molecule has 0 radical (unpaired) electrons. The third-order valence-electron chi connectivity index (χ3n) is 3.75. The zero-order valence-electron chi connectivity index (χ0n) is 12.8. The minimum atomic E-state index is -0.0480. The van der Waals surface area contributed by atoms with E-state index in [0.717, 1.165) is 39.6 Å². The van der Waals surface area contributed by atoms with E-state index in [0.29, 0.717) is 16.1 Å². The van der Waals surface area contributed by atoms with Gasteiger partial charge in [-0.05, 0) is 49.2 Å². The Bertz CT molecular complexity index is 855. The fraction of sp³-hybridized carbons (Fsp3) is 0.222. The van der Waals surface area contributed by atoms with Gasteiger partial charge in [-0.25, -0.2) is 4.98 Å². The zero-order chi connectivity index (χ0) is 16.4. The molecule has 3 aromatic rings. The van der Waals surface area contributed by atoms with Crippen LogP contribution in [-0.2, 0) is 6.42 Å². The largest absolute Gasteiger partial charge is 0.397 e. The van der Waals surface area contributed by atoms with Gasteiger partial charge in [0.2, 0.25) is 5.78 Å². The van der Waals surface area contributed by atoms with Crippen LogP contribution < -0.4 is 5.73 Å². The number of hydrogen-bond acceptors (Lipinski definition) is 4. The van der Waals surface area contributed by atoms with Crippen LogP contribution in [0.15, 0.2) is 40.9 Å². The van der Waals surface area contributed by atoms with Crippen LogP contribution in [-0.4, -0.2) is 10.8 Å². The lowest BCUT2D eigenvalue weighted by Gasteiger charge is -2.00. The van der Waals surface area contributed by atoms with E-state index >= 15 is 0 Å². The number of hydrogen-bond donors (Lipinski definition) is 1. The molecule has 0 fully saturated rings. The van der Waals surface area contributed by atoms with Gasteiger partial charge >= 0.3 is 0 Å². The summed E-state index contributed by atoms with van der Waals surface area (Å²) in [4.78, 5) is 18.8. The van der Waals surface area contributed by atoms with Crippen molar-refractivity contribution in [1.82, 2.24) is 4.98 Å². The minimum absolute atomic E-state index is 0.0480. The maximum atomic E-state index is 12.7. The Balaban J connectivity index is 1.99. The average molecular weight is 389 g/mol. The molecule has 0 atom stereocenters. The molecule has 0 amide bonds. The number of aromatic nitrogens is 1. The second kappa shape index (κ2) is 6.81. The maximum Gasteiger partial charge on any atom is 0.205 e. The van der Waals surface area contributed by atoms with Crippen molar-refractivity contribution in [2.24, 2.45) is 0 Å². The Morgan fingerprint density at radius 1 is 1.22 bits per heavy atom. The molecule has 3 rings (SSSR count). The Labute approximate surface area is 147 Å². The molecule has 0 spiro atoms. The van der Waals surface area contributed by atoms with Gasteiger partial charge in [0.1, 0.15) is 9.71 Å². The molecule has 0 aliphatic carbocycles. The summed E-state index contributed by atoms with van der Waals surface area (Å²) >= 11 is 4.76. The summed E-state index contributed by atoms with van der Waals surface area (Å²) in [6.07, 6.45) is 3.21. The first-order valence-electron chi connectivity index (χ1n) is 7.58. The number of nitrogens with two attached hydrogens (primary N) is 1. The number of anilines is 1. The number of ketones is 1. The highest BCUT2D eigenvalue weighted by atomic mass is 79.9. The van der Waals surface area contributed by atoms with Crippen molar-refractivity contribution in [3.05, 3.63) is 57.0 Å². The number of aryl methyl sites for hydroxylation is 1. The van der Waals surface area contributed by atoms with Crippen molar-refractivity contribution >= 4 is 49.0 Å². The zero-order valence-corrected chi connectivity index (χ0v) is 15.2. The van der Waals surface area contributed by atoms with Crippen molar-refractivity contribution in [3.63, 3.8) is 0 Å². The second-order valence-electron chi connectivity index (χ2n) is 5.44. The first-order chi connectivity index (χ1) is 11.1. The molecule has 2 N–H and O–H groups in total. The lowest BCUT2D eigenvalue weighted by molar-refractivity contribution is 0.104. The standard InChI is InChI=1S/C18H17BrN2OS/c1-2-3-4-13-9-10-14-15(20)17(23-18(14)21-13)16(22)11-5-7-12(19)8-6-11/h5-10H,2-4,20H2,1H3. The predicted molar refractivity (Wildman–Crippen MR) is 100 cm³/mol. The Kier molecular flexibility index (Phi) is 4.78. The number of thiophene rings is 1. The number of fused-ring (bicyclic) bond motifs is 1. The van der Waals surface area contributed by atoms with E-state index in [1.807, 2.05) is 24.3 Å². The number of pyridine rings is 1. The smallest absolute Gasteiger partial charge is 0.205 e. The van der Waals surface area contributed by atoms with Gasteiger partial charge in [-0.15, -0.1) is 11.3 Å². The fourth-order valence-electron chi connectivity index (χ4n) is 2.43. The molecule has 0 aliphatic rings. The quantitative estimate of drug-likeness (QED) is 0.609. The molecule has 0 saturated carbocycles. The van der Waals surface area contributed by atoms with Crippen molar-refractivity contribution in [1.29, 1.82) is 0 Å². The van der Waals surface area contributed by atoms with Crippen LogP contribution in [0.4, 0.5) is 5.69 Å². The first kappa shape index (κ1) is 16.1. The Hall–Kier alpha value is -1.72. The molecule has 1 aromatic carbocycles. The summed E-state index contributed by atoms with van der Waals surface area (Å²) in [6, 6.07) is 11.3. The molecule has 2 aromatic heterocycles. The van der Waals surface area contributed by atoms with Gasteiger partial charge in [-0.1, -0.05) is 29.3 Å². The molecule has 5 heteroatoms. The molecular weight excluding hydrogens is 372 g/mol. The van der Waals surface area contributed by atoms with Crippen molar-refractivity contribution < 1.29 is 4.79 Å². The fourth-order valence-corrected chi connectivity index (χ4v) is 3.77. The lowest BCUT2D eigenvalue weighted by Crippen LogP contribution is -2.01. The summed E-state index contributed by atoms with van der Waals surface area (Å²) in [5.74, 6) is -0.0480. The van der Waals surface area contributed by atoms with E-state index in [2.05, 4.69) is 27.8 Å². The highest BCUT2D eigenvalue weighted by Crippen LogP contribution is 2.34. The number of nitrogen functional groups attached to an aromatic ring is 1. The van der Waals surface area contributed by atoms with Gasteiger partial charge in [0.25, 0.3) is 0 Å². The number of benzene rings is 1. The van der Waals surface area contributed by atoms with Crippen LogP contribution in [0.25, 0.3) is 10.2 Å². The molecular formula is C18H17BrN2OS. The van der Waals surface area contributed by atoms with Crippen LogP contribution >= 0.6 is 27.3 Å². The summed E-state index contributed by atoms with van der Waals surface area (Å²) in [5, 5.41) is 0.871. The number of rotatable bonds is 5. The maximum absolute atomic E-state index is 12.7. The normalized spacial score (nSPS) is 11.0. The lowest BCUT2D eigenvalue weighted by atomic mass is 10.1. The van der Waals surface area contributed by atoms with Crippen molar-refractivity contribution in [2.75, 3.05) is 5.73 Å². The summed E-state index contributed by atoms with van der Waals surface area (Å²) in [5.41, 5.74) is 8.43. The van der Waals surface area contributed by atoms with E-state index in [-0.39, 0.29) is 5.78 Å². The molecule has 3 nitrogen and oxygen atoms in total. The van der Waals surface area contributed by atoms with E-state index in [1.54, 1.807) is 12.1 Å². The van der Waals surface area contributed by atoms with Crippen LogP contribution in [0.1, 0.15) is 40.7 Å². The second-order valence-corrected chi connectivity index (χ2v) is 7.35. The van der Waals surface area contributed by atoms with E-state index in [9.17, 15) is 4.79 Å². The summed E-state index contributed by atoms with van der Waals surface area (Å²) in [7, 11) is 0. The number of carbonyl (C=O) groups excluding carboxylic acids is 1. The highest BCUT2D eigenvalue weighted by molar-refractivity contribution is 9.10. The molecule has 23 heavy (non-hydrogen) atoms. The van der Waals surface area contributed by atoms with Crippen LogP contribution in [0.3, 0.4) is 0 Å². The molecule has 0 aliphatic heterocycles. The van der Waals surface area contributed by atoms with Gasteiger partial charge in [-0.3, -0.25) is 4.79 Å². The SMILES string of the molecule is CCCCc1ccc2c(N)c(C(=O)c3ccc(Br)cc3)sc2n1. The molecule has 0 unspecified atom stereocenters. The van der Waals surface area contributed by atoms with E-state index in [4.69, 9.17) is 5.73 Å². The van der Waals surface area contributed by atoms with Gasteiger partial charge in [0.15, 0.2) is 0 Å². The van der Waals surface area contributed by atoms with Crippen molar-refractivity contribution in [3.8, 4) is 0 Å². The summed E-state index contributed by atoms with van der Waals surface area (Å²) in [6.45, 7) is 2.16. The Morgan fingerprint density at radius 2 is 1.96 bits per heavy atom.